The molecule has 2 atom stereocenters. The van der Waals surface area contributed by atoms with Crippen LogP contribution in [0.25, 0.3) is 6.08 Å². The molecule has 4 amide bonds. The van der Waals surface area contributed by atoms with Crippen LogP contribution in [0.5, 0.6) is 23.0 Å². The van der Waals surface area contributed by atoms with Gasteiger partial charge in [0.05, 0.1) is 26.3 Å². The first-order chi connectivity index (χ1) is 18.3. The topological polar surface area (TPSA) is 99.1 Å². The number of hydrogen-bond acceptors (Lipinski definition) is 7. The van der Waals surface area contributed by atoms with Gasteiger partial charge in [0.25, 0.3) is 11.8 Å². The molecule has 0 spiro atoms. The van der Waals surface area contributed by atoms with E-state index >= 15 is 0 Å². The zero-order valence-electron chi connectivity index (χ0n) is 22.0. The molecule has 2 unspecified atom stereocenters. The molecule has 11 heteroatoms. The number of fused-ring (bicyclic) bond motifs is 2. The van der Waals surface area contributed by atoms with E-state index in [9.17, 15) is 14.4 Å². The molecule has 10 nitrogen and oxygen atoms in total. The number of carbonyl (C=O) groups is 3. The summed E-state index contributed by atoms with van der Waals surface area (Å²) < 4.78 is 22.8. The quantitative estimate of drug-likeness (QED) is 0.267. The highest BCUT2D eigenvalue weighted by Crippen LogP contribution is 2.47. The number of hydrogen-bond donors (Lipinski definition) is 1. The largest absolute Gasteiger partial charge is 1.00 e. The van der Waals surface area contributed by atoms with Gasteiger partial charge in [-0.05, 0) is 41.3 Å². The number of carbonyl (C=O) groups excluding carboxylic acids is 3. The SMILES string of the molecule is COc1c2c(cc3c1C(C#CCOc1ccc(C=C4C(=O)N(C)C(=O)N(C)C4=O)cc1)[NH+](C)CC3)OCO2.[Cl-]. The van der Waals surface area contributed by atoms with E-state index in [1.54, 1.807) is 31.4 Å². The van der Waals surface area contributed by atoms with E-state index in [2.05, 4.69) is 18.9 Å². The number of amides is 4. The number of benzene rings is 2. The first kappa shape index (κ1) is 27.8. The Kier molecular flexibility index (Phi) is 8.04. The summed E-state index contributed by atoms with van der Waals surface area (Å²) in [6.07, 6.45) is 2.36. The fraction of sp³-hybridized carbons (Fsp3) is 0.321. The number of likely N-dealkylation sites (N-methyl/N-ethyl adjacent to an activating group) is 3. The summed E-state index contributed by atoms with van der Waals surface area (Å²) in [5, 5.41) is 0. The molecule has 3 aliphatic heterocycles. The predicted octanol–water partition coefficient (Wildman–Crippen LogP) is -1.94. The number of quaternary nitrogens is 1. The number of halogens is 1. The van der Waals surface area contributed by atoms with Gasteiger partial charge in [-0.15, -0.1) is 0 Å². The van der Waals surface area contributed by atoms with Crippen LogP contribution in [0.1, 0.15) is 22.7 Å². The number of rotatable bonds is 4. The van der Waals surface area contributed by atoms with Crippen LogP contribution in [-0.2, 0) is 16.0 Å². The molecule has 2 aromatic carbocycles. The van der Waals surface area contributed by atoms with E-state index < -0.39 is 17.8 Å². The lowest BCUT2D eigenvalue weighted by Crippen LogP contribution is -3.10. The van der Waals surface area contributed by atoms with Gasteiger partial charge in [0.15, 0.2) is 17.5 Å². The van der Waals surface area contributed by atoms with Crippen molar-refractivity contribution in [2.45, 2.75) is 12.5 Å². The van der Waals surface area contributed by atoms with Crippen molar-refractivity contribution in [2.24, 2.45) is 0 Å². The van der Waals surface area contributed by atoms with Crippen LogP contribution in [0, 0.1) is 11.8 Å². The van der Waals surface area contributed by atoms with Crippen molar-refractivity contribution in [1.82, 2.24) is 9.80 Å². The number of methoxy groups -OCH3 is 1. The second-order valence-electron chi connectivity index (χ2n) is 9.24. The van der Waals surface area contributed by atoms with E-state index in [1.807, 2.05) is 6.07 Å². The molecule has 3 heterocycles. The number of urea groups is 1. The lowest BCUT2D eigenvalue weighted by molar-refractivity contribution is -0.905. The van der Waals surface area contributed by atoms with Crippen molar-refractivity contribution in [2.75, 3.05) is 48.2 Å². The molecule has 0 radical (unpaired) electrons. The molecule has 1 fully saturated rings. The second-order valence-corrected chi connectivity index (χ2v) is 9.24. The number of barbiturate groups is 1. The van der Waals surface area contributed by atoms with Crippen LogP contribution in [0.2, 0.25) is 0 Å². The molecule has 5 rings (SSSR count). The third-order valence-corrected chi connectivity index (χ3v) is 6.91. The van der Waals surface area contributed by atoms with Gasteiger partial charge in [-0.2, -0.15) is 0 Å². The van der Waals surface area contributed by atoms with Crippen LogP contribution in [0.3, 0.4) is 0 Å². The van der Waals surface area contributed by atoms with Gasteiger partial charge in [-0.1, -0.05) is 18.1 Å². The Morgan fingerprint density at radius 2 is 1.79 bits per heavy atom. The Hall–Kier alpha value is -4.20. The van der Waals surface area contributed by atoms with Gasteiger partial charge in [0.2, 0.25) is 12.5 Å². The molecule has 0 aliphatic carbocycles. The zero-order valence-corrected chi connectivity index (χ0v) is 22.8. The summed E-state index contributed by atoms with van der Waals surface area (Å²) in [5.74, 6) is 7.81. The summed E-state index contributed by atoms with van der Waals surface area (Å²) in [5.41, 5.74) is 2.73. The molecule has 0 bridgehead atoms. The van der Waals surface area contributed by atoms with Crippen LogP contribution in [0.4, 0.5) is 4.79 Å². The molecule has 2 aromatic rings. The van der Waals surface area contributed by atoms with Crippen molar-refractivity contribution in [3.8, 4) is 34.8 Å². The first-order valence-electron chi connectivity index (χ1n) is 12.1. The highest BCUT2D eigenvalue weighted by molar-refractivity contribution is 6.30. The lowest BCUT2D eigenvalue weighted by atomic mass is 9.91. The van der Waals surface area contributed by atoms with Crippen LogP contribution in [-0.4, -0.2) is 75.8 Å². The number of nitrogens with zero attached hydrogens (tertiary/aromatic N) is 2. The number of ether oxygens (including phenoxy) is 4. The molecular weight excluding hydrogens is 526 g/mol. The summed E-state index contributed by atoms with van der Waals surface area (Å²) in [6.45, 7) is 1.29. The molecule has 0 saturated carbocycles. The fourth-order valence-electron chi connectivity index (χ4n) is 4.79. The Balaban J connectivity index is 0.00000353. The van der Waals surface area contributed by atoms with Gasteiger partial charge in [-0.3, -0.25) is 19.4 Å². The minimum atomic E-state index is -0.656. The van der Waals surface area contributed by atoms with Crippen LogP contribution < -0.4 is 36.3 Å². The van der Waals surface area contributed by atoms with Gasteiger partial charge < -0.3 is 36.3 Å². The van der Waals surface area contributed by atoms with Gasteiger partial charge >= 0.3 is 6.03 Å². The van der Waals surface area contributed by atoms with Gasteiger partial charge in [-0.25, -0.2) is 4.79 Å². The molecule has 204 valence electrons. The smallest absolute Gasteiger partial charge is 0.333 e. The summed E-state index contributed by atoms with van der Waals surface area (Å²) in [6, 6.07) is 8.20. The molecular formula is C28H28ClN3O7. The average Bonchev–Trinajstić information content (AvgIpc) is 3.40. The summed E-state index contributed by atoms with van der Waals surface area (Å²) in [4.78, 5) is 39.8. The van der Waals surface area contributed by atoms with Crippen molar-refractivity contribution >= 4 is 23.9 Å². The highest BCUT2D eigenvalue weighted by atomic mass is 35.5. The number of nitrogens with one attached hydrogen (secondary N) is 1. The molecule has 3 aliphatic rings. The lowest BCUT2D eigenvalue weighted by Gasteiger charge is -2.29. The third-order valence-electron chi connectivity index (χ3n) is 6.91. The van der Waals surface area contributed by atoms with Gasteiger partial charge in [0.1, 0.15) is 17.9 Å². The maximum Gasteiger partial charge on any atom is 0.333 e. The average molecular weight is 554 g/mol. The predicted molar refractivity (Wildman–Crippen MR) is 136 cm³/mol. The van der Waals surface area contributed by atoms with Crippen LogP contribution in [0.15, 0.2) is 35.9 Å². The maximum atomic E-state index is 12.4. The Bertz CT molecular complexity index is 1380. The molecule has 39 heavy (non-hydrogen) atoms. The van der Waals surface area contributed by atoms with E-state index in [4.69, 9.17) is 18.9 Å². The standard InChI is InChI=1S/C28H27N3O7.ClH/c1-29-12-11-18-15-22-24(38-16-37-22)25(35-4)23(18)21(29)6-5-13-36-19-9-7-17(8-10-19)14-20-26(32)30(2)28(34)31(3)27(20)33;/h7-10,14-15,21H,11-13,16H2,1-4H3;1H. The van der Waals surface area contributed by atoms with E-state index in [0.717, 1.165) is 33.9 Å². The Labute approximate surface area is 232 Å². The van der Waals surface area contributed by atoms with E-state index in [0.29, 0.717) is 28.6 Å². The van der Waals surface area contributed by atoms with Crippen molar-refractivity contribution in [3.63, 3.8) is 0 Å². The van der Waals surface area contributed by atoms with Crippen molar-refractivity contribution < 1.29 is 50.6 Å². The van der Waals surface area contributed by atoms with Crippen molar-refractivity contribution in [3.05, 3.63) is 52.6 Å². The zero-order chi connectivity index (χ0) is 27.0. The normalized spacial score (nSPS) is 19.6. The minimum Gasteiger partial charge on any atom is -1.00 e. The molecule has 1 N–H and O–H groups in total. The molecule has 0 aromatic heterocycles. The summed E-state index contributed by atoms with van der Waals surface area (Å²) >= 11 is 0. The van der Waals surface area contributed by atoms with Gasteiger partial charge in [0, 0.05) is 20.5 Å². The minimum absolute atomic E-state index is 0. The monoisotopic (exact) mass is 553 g/mol. The first-order valence-corrected chi connectivity index (χ1v) is 12.1. The second kappa shape index (κ2) is 11.3. The Morgan fingerprint density at radius 3 is 2.46 bits per heavy atom. The van der Waals surface area contributed by atoms with E-state index in [1.165, 1.54) is 25.1 Å². The van der Waals surface area contributed by atoms with Crippen molar-refractivity contribution in [1.29, 1.82) is 0 Å². The summed E-state index contributed by atoms with van der Waals surface area (Å²) in [7, 11) is 6.42. The van der Waals surface area contributed by atoms with Crippen LogP contribution >= 0.6 is 0 Å². The Morgan fingerprint density at radius 1 is 1.10 bits per heavy atom. The highest BCUT2D eigenvalue weighted by Gasteiger charge is 2.38. The fourth-order valence-corrected chi connectivity index (χ4v) is 4.79. The van der Waals surface area contributed by atoms with E-state index in [-0.39, 0.29) is 37.4 Å². The maximum absolute atomic E-state index is 12.4. The number of imide groups is 2. The third kappa shape index (κ3) is 5.11. The molecule has 1 saturated heterocycles.